The van der Waals surface area contributed by atoms with E-state index in [0.717, 1.165) is 4.68 Å². The number of aromatic nitrogens is 2. The number of carbonyl (C=O) groups excluding carboxylic acids is 1. The Morgan fingerprint density at radius 2 is 2.38 bits per heavy atom. The minimum absolute atomic E-state index is 0.0647. The van der Waals surface area contributed by atoms with Crippen molar-refractivity contribution in [2.45, 2.75) is 13.5 Å². The number of aldehydes is 1. The number of carbonyl (C=O) groups is 2. The molecule has 1 heterocycles. The minimum atomic E-state index is -1.05. The molecule has 0 aromatic carbocycles. The molecule has 0 saturated carbocycles. The van der Waals surface area contributed by atoms with Gasteiger partial charge in [-0.3, -0.25) is 9.59 Å². The number of carboxylic acids is 1. The standard InChI is InChI=1S/C7H7ClN2O3/c1-4-5(3-11)7(8)10(9-4)2-6(12)13/h3H,2H2,1H3,(H,12,13). The van der Waals surface area contributed by atoms with E-state index in [0.29, 0.717) is 12.0 Å². The van der Waals surface area contributed by atoms with Gasteiger partial charge in [0.2, 0.25) is 0 Å². The molecule has 1 rings (SSSR count). The molecule has 6 heteroatoms. The molecule has 0 bridgehead atoms. The molecule has 0 aliphatic rings. The monoisotopic (exact) mass is 202 g/mol. The highest BCUT2D eigenvalue weighted by Gasteiger charge is 2.13. The molecule has 13 heavy (non-hydrogen) atoms. The summed E-state index contributed by atoms with van der Waals surface area (Å²) in [6.45, 7) is 1.25. The van der Waals surface area contributed by atoms with E-state index in [-0.39, 0.29) is 17.3 Å². The van der Waals surface area contributed by atoms with E-state index < -0.39 is 5.97 Å². The first kappa shape index (κ1) is 9.73. The van der Waals surface area contributed by atoms with Crippen molar-refractivity contribution in [3.63, 3.8) is 0 Å². The Balaban J connectivity index is 3.10. The lowest BCUT2D eigenvalue weighted by Crippen LogP contribution is -2.10. The molecule has 1 aromatic rings. The first-order valence-electron chi connectivity index (χ1n) is 3.46. The van der Waals surface area contributed by atoms with Gasteiger partial charge in [0.05, 0.1) is 11.3 Å². The van der Waals surface area contributed by atoms with Crippen LogP contribution in [0.15, 0.2) is 0 Å². The van der Waals surface area contributed by atoms with Gasteiger partial charge in [-0.25, -0.2) is 4.68 Å². The van der Waals surface area contributed by atoms with Gasteiger partial charge in [-0.15, -0.1) is 0 Å². The second-order valence-corrected chi connectivity index (χ2v) is 2.82. The van der Waals surface area contributed by atoms with Gasteiger partial charge in [0.1, 0.15) is 11.7 Å². The minimum Gasteiger partial charge on any atom is -0.480 e. The van der Waals surface area contributed by atoms with Crippen LogP contribution < -0.4 is 0 Å². The number of hydrogen-bond acceptors (Lipinski definition) is 3. The zero-order chi connectivity index (χ0) is 10.0. The van der Waals surface area contributed by atoms with E-state index >= 15 is 0 Å². The van der Waals surface area contributed by atoms with E-state index in [1.165, 1.54) is 0 Å². The van der Waals surface area contributed by atoms with Gasteiger partial charge >= 0.3 is 5.97 Å². The first-order valence-corrected chi connectivity index (χ1v) is 3.84. The highest BCUT2D eigenvalue weighted by atomic mass is 35.5. The Morgan fingerprint density at radius 1 is 1.77 bits per heavy atom. The lowest BCUT2D eigenvalue weighted by Gasteiger charge is -1.96. The van der Waals surface area contributed by atoms with Crippen LogP contribution in [0.2, 0.25) is 5.15 Å². The summed E-state index contributed by atoms with van der Waals surface area (Å²) < 4.78 is 1.07. The van der Waals surface area contributed by atoms with Crippen molar-refractivity contribution in [2.75, 3.05) is 0 Å². The third-order valence-electron chi connectivity index (χ3n) is 1.51. The third-order valence-corrected chi connectivity index (χ3v) is 1.91. The van der Waals surface area contributed by atoms with Crippen LogP contribution in [-0.2, 0) is 11.3 Å². The Kier molecular flexibility index (Phi) is 2.67. The summed E-state index contributed by atoms with van der Waals surface area (Å²) >= 11 is 5.68. The molecule has 0 aliphatic carbocycles. The topological polar surface area (TPSA) is 72.2 Å². The zero-order valence-corrected chi connectivity index (χ0v) is 7.58. The number of carboxylic acid groups (broad SMARTS) is 1. The SMILES string of the molecule is Cc1nn(CC(=O)O)c(Cl)c1C=O. The normalized spacial score (nSPS) is 10.0. The number of halogens is 1. The van der Waals surface area contributed by atoms with Gasteiger partial charge < -0.3 is 5.11 Å². The van der Waals surface area contributed by atoms with Crippen LogP contribution in [0.3, 0.4) is 0 Å². The summed E-state index contributed by atoms with van der Waals surface area (Å²) in [4.78, 5) is 20.8. The molecule has 0 saturated heterocycles. The zero-order valence-electron chi connectivity index (χ0n) is 6.82. The maximum absolute atomic E-state index is 10.5. The van der Waals surface area contributed by atoms with E-state index in [1.54, 1.807) is 6.92 Å². The predicted molar refractivity (Wildman–Crippen MR) is 45.0 cm³/mol. The molecular formula is C7H7ClN2O3. The summed E-state index contributed by atoms with van der Waals surface area (Å²) in [5.74, 6) is -1.05. The van der Waals surface area contributed by atoms with Gasteiger partial charge in [-0.05, 0) is 6.92 Å². The predicted octanol–water partition coefficient (Wildman–Crippen LogP) is 0.742. The van der Waals surface area contributed by atoms with Crippen LogP contribution in [0, 0.1) is 6.92 Å². The van der Waals surface area contributed by atoms with E-state index in [2.05, 4.69) is 5.10 Å². The van der Waals surface area contributed by atoms with Gasteiger partial charge in [-0.2, -0.15) is 5.10 Å². The molecule has 0 fully saturated rings. The van der Waals surface area contributed by atoms with Crippen LogP contribution in [-0.4, -0.2) is 27.1 Å². The molecule has 0 aliphatic heterocycles. The quantitative estimate of drug-likeness (QED) is 0.734. The van der Waals surface area contributed by atoms with Crippen molar-refractivity contribution < 1.29 is 14.7 Å². The molecule has 0 amide bonds. The van der Waals surface area contributed by atoms with Crippen LogP contribution in [0.1, 0.15) is 16.1 Å². The highest BCUT2D eigenvalue weighted by Crippen LogP contribution is 2.16. The molecule has 0 spiro atoms. The fraction of sp³-hybridized carbons (Fsp3) is 0.286. The van der Waals surface area contributed by atoms with Crippen molar-refractivity contribution in [1.82, 2.24) is 9.78 Å². The Labute approximate surface area is 78.9 Å². The molecule has 70 valence electrons. The molecule has 0 atom stereocenters. The molecule has 0 radical (unpaired) electrons. The second kappa shape index (κ2) is 3.57. The molecule has 5 nitrogen and oxygen atoms in total. The fourth-order valence-electron chi connectivity index (χ4n) is 0.934. The second-order valence-electron chi connectivity index (χ2n) is 2.46. The van der Waals surface area contributed by atoms with E-state index in [9.17, 15) is 9.59 Å². The molecule has 1 aromatic heterocycles. The van der Waals surface area contributed by atoms with Gasteiger partial charge in [0, 0.05) is 0 Å². The maximum atomic E-state index is 10.5. The number of hydrogen-bond donors (Lipinski definition) is 1. The summed E-state index contributed by atoms with van der Waals surface area (Å²) in [5.41, 5.74) is 0.671. The molecular weight excluding hydrogens is 196 g/mol. The number of aryl methyl sites for hydroxylation is 1. The first-order chi connectivity index (χ1) is 6.06. The molecule has 0 unspecified atom stereocenters. The van der Waals surface area contributed by atoms with Crippen molar-refractivity contribution in [2.24, 2.45) is 0 Å². The largest absolute Gasteiger partial charge is 0.480 e. The molecule has 1 N–H and O–H groups in total. The number of nitrogens with zero attached hydrogens (tertiary/aromatic N) is 2. The average molecular weight is 203 g/mol. The number of aliphatic carboxylic acids is 1. The van der Waals surface area contributed by atoms with E-state index in [1.807, 2.05) is 0 Å². The maximum Gasteiger partial charge on any atom is 0.325 e. The van der Waals surface area contributed by atoms with Crippen LogP contribution in [0.25, 0.3) is 0 Å². The Hall–Kier alpha value is -1.36. The van der Waals surface area contributed by atoms with Crippen molar-refractivity contribution in [1.29, 1.82) is 0 Å². The summed E-state index contributed by atoms with van der Waals surface area (Å²) in [7, 11) is 0. The lowest BCUT2D eigenvalue weighted by molar-refractivity contribution is -0.137. The third kappa shape index (κ3) is 1.86. The van der Waals surface area contributed by atoms with Crippen molar-refractivity contribution in [3.8, 4) is 0 Å². The average Bonchev–Trinajstić information content (AvgIpc) is 2.26. The Morgan fingerprint density at radius 3 is 2.77 bits per heavy atom. The van der Waals surface area contributed by atoms with E-state index in [4.69, 9.17) is 16.7 Å². The van der Waals surface area contributed by atoms with Crippen molar-refractivity contribution in [3.05, 3.63) is 16.4 Å². The summed E-state index contributed by atoms with van der Waals surface area (Å²) in [5, 5.41) is 12.3. The highest BCUT2D eigenvalue weighted by molar-refractivity contribution is 6.32. The number of rotatable bonds is 3. The Bertz CT molecular complexity index is 359. The van der Waals surface area contributed by atoms with Gasteiger partial charge in [0.25, 0.3) is 0 Å². The van der Waals surface area contributed by atoms with Crippen LogP contribution >= 0.6 is 11.6 Å². The van der Waals surface area contributed by atoms with Gasteiger partial charge in [0.15, 0.2) is 6.29 Å². The fourth-order valence-corrected chi connectivity index (χ4v) is 1.21. The summed E-state index contributed by atoms with van der Waals surface area (Å²) in [6, 6.07) is 0. The van der Waals surface area contributed by atoms with Crippen LogP contribution in [0.4, 0.5) is 0 Å². The summed E-state index contributed by atoms with van der Waals surface area (Å²) in [6.07, 6.45) is 0.559. The van der Waals surface area contributed by atoms with Crippen LogP contribution in [0.5, 0.6) is 0 Å². The van der Waals surface area contributed by atoms with Crippen molar-refractivity contribution >= 4 is 23.9 Å². The lowest BCUT2D eigenvalue weighted by atomic mass is 10.3. The smallest absolute Gasteiger partial charge is 0.325 e. The van der Waals surface area contributed by atoms with Gasteiger partial charge in [-0.1, -0.05) is 11.6 Å².